The topological polar surface area (TPSA) is 99.5 Å². The van der Waals surface area contributed by atoms with Crippen molar-refractivity contribution in [1.82, 2.24) is 10.3 Å². The van der Waals surface area contributed by atoms with E-state index < -0.39 is 24.0 Å². The number of nitrogens with one attached hydrogen (secondary N) is 1. The minimum absolute atomic E-state index is 0.165. The van der Waals surface area contributed by atoms with E-state index in [1.165, 1.54) is 32.1 Å². The Hall–Kier alpha value is -1.47. The minimum Gasteiger partial charge on any atom is -0.480 e. The number of carboxylic acids is 2. The zero-order chi connectivity index (χ0) is 19.8. The molecule has 2 rings (SSSR count). The van der Waals surface area contributed by atoms with Crippen LogP contribution < -0.4 is 5.32 Å². The second-order valence-electron chi connectivity index (χ2n) is 8.06. The van der Waals surface area contributed by atoms with Crippen molar-refractivity contribution >= 4 is 23.3 Å². The zero-order valence-corrected chi connectivity index (χ0v) is 17.1. The molecule has 1 aliphatic carbocycles. The van der Waals surface area contributed by atoms with Gasteiger partial charge in [-0.05, 0) is 31.1 Å². The highest BCUT2D eigenvalue weighted by Gasteiger charge is 2.27. The maximum Gasteiger partial charge on any atom is 0.321 e. The largest absolute Gasteiger partial charge is 0.480 e. The molecule has 1 aliphatic rings. The number of hydrogen-bond acceptors (Lipinski definition) is 5. The van der Waals surface area contributed by atoms with Crippen LogP contribution in [-0.4, -0.2) is 39.2 Å². The van der Waals surface area contributed by atoms with Crippen molar-refractivity contribution in [2.45, 2.75) is 83.7 Å². The molecule has 1 aromatic heterocycles. The van der Waals surface area contributed by atoms with Crippen molar-refractivity contribution in [3.63, 3.8) is 0 Å². The van der Waals surface area contributed by atoms with Crippen LogP contribution in [-0.2, 0) is 22.4 Å². The SMILES string of the molecule is CC(C)CC(NC(Cc1csc(CCC2CCCCC2)n1)C(=O)O)C(=O)O. The number of rotatable bonds is 11. The lowest BCUT2D eigenvalue weighted by Gasteiger charge is -2.21. The molecular weight excluding hydrogens is 364 g/mol. The summed E-state index contributed by atoms with van der Waals surface area (Å²) in [6.07, 6.45) is 9.36. The van der Waals surface area contributed by atoms with E-state index in [4.69, 9.17) is 0 Å². The van der Waals surface area contributed by atoms with Crippen LogP contribution in [0.4, 0.5) is 0 Å². The van der Waals surface area contributed by atoms with Gasteiger partial charge in [0, 0.05) is 11.8 Å². The lowest BCUT2D eigenvalue weighted by atomic mass is 9.86. The molecule has 1 heterocycles. The molecule has 6 nitrogen and oxygen atoms in total. The number of carbonyl (C=O) groups is 2. The number of aryl methyl sites for hydroxylation is 1. The van der Waals surface area contributed by atoms with Crippen LogP contribution in [0.2, 0.25) is 0 Å². The van der Waals surface area contributed by atoms with Gasteiger partial charge in [-0.3, -0.25) is 14.9 Å². The molecule has 152 valence electrons. The molecule has 1 aromatic rings. The summed E-state index contributed by atoms with van der Waals surface area (Å²) in [4.78, 5) is 27.6. The second kappa shape index (κ2) is 10.8. The van der Waals surface area contributed by atoms with Gasteiger partial charge in [-0.2, -0.15) is 0 Å². The summed E-state index contributed by atoms with van der Waals surface area (Å²) in [5.41, 5.74) is 0.729. The van der Waals surface area contributed by atoms with Gasteiger partial charge >= 0.3 is 11.9 Å². The van der Waals surface area contributed by atoms with Gasteiger partial charge in [-0.25, -0.2) is 4.98 Å². The molecule has 3 N–H and O–H groups in total. The van der Waals surface area contributed by atoms with Gasteiger partial charge in [0.15, 0.2) is 0 Å². The van der Waals surface area contributed by atoms with Gasteiger partial charge in [-0.15, -0.1) is 11.3 Å². The molecule has 0 spiro atoms. The van der Waals surface area contributed by atoms with Crippen molar-refractivity contribution in [2.24, 2.45) is 11.8 Å². The van der Waals surface area contributed by atoms with Crippen LogP contribution in [0.3, 0.4) is 0 Å². The van der Waals surface area contributed by atoms with E-state index in [2.05, 4.69) is 10.3 Å². The number of nitrogens with zero attached hydrogens (tertiary/aromatic N) is 1. The highest BCUT2D eigenvalue weighted by Crippen LogP contribution is 2.28. The Morgan fingerprint density at radius 2 is 1.85 bits per heavy atom. The molecule has 1 fully saturated rings. The fourth-order valence-corrected chi connectivity index (χ4v) is 4.57. The molecule has 27 heavy (non-hydrogen) atoms. The summed E-state index contributed by atoms with van der Waals surface area (Å²) in [7, 11) is 0. The summed E-state index contributed by atoms with van der Waals surface area (Å²) >= 11 is 1.58. The van der Waals surface area contributed by atoms with E-state index in [1.54, 1.807) is 11.3 Å². The molecule has 0 radical (unpaired) electrons. The van der Waals surface area contributed by atoms with Crippen LogP contribution in [0, 0.1) is 11.8 Å². The Morgan fingerprint density at radius 3 is 2.44 bits per heavy atom. The summed E-state index contributed by atoms with van der Waals surface area (Å²) < 4.78 is 0. The third-order valence-corrected chi connectivity index (χ3v) is 6.17. The minimum atomic E-state index is -1.04. The maximum atomic E-state index is 11.6. The highest BCUT2D eigenvalue weighted by atomic mass is 32.1. The van der Waals surface area contributed by atoms with Gasteiger partial charge < -0.3 is 10.2 Å². The van der Waals surface area contributed by atoms with Crippen molar-refractivity contribution in [3.8, 4) is 0 Å². The first kappa shape index (κ1) is 21.8. The van der Waals surface area contributed by atoms with Gasteiger partial charge in [0.2, 0.25) is 0 Å². The molecule has 1 saturated carbocycles. The lowest BCUT2D eigenvalue weighted by molar-refractivity contribution is -0.142. The van der Waals surface area contributed by atoms with Gasteiger partial charge in [0.25, 0.3) is 0 Å². The average Bonchev–Trinajstić information content (AvgIpc) is 3.06. The van der Waals surface area contributed by atoms with Gasteiger partial charge in [0.1, 0.15) is 12.1 Å². The van der Waals surface area contributed by atoms with Gasteiger partial charge in [0.05, 0.1) is 10.7 Å². The van der Waals surface area contributed by atoms with Gasteiger partial charge in [-0.1, -0.05) is 46.0 Å². The quantitative estimate of drug-likeness (QED) is 0.527. The normalized spacial score (nSPS) is 17.7. The lowest BCUT2D eigenvalue weighted by Crippen LogP contribution is -2.48. The molecule has 0 amide bonds. The predicted molar refractivity (Wildman–Crippen MR) is 106 cm³/mol. The Labute approximate surface area is 165 Å². The zero-order valence-electron chi connectivity index (χ0n) is 16.3. The Balaban J connectivity index is 1.90. The van der Waals surface area contributed by atoms with Crippen molar-refractivity contribution in [3.05, 3.63) is 16.1 Å². The van der Waals surface area contributed by atoms with Crippen molar-refractivity contribution in [2.75, 3.05) is 0 Å². The highest BCUT2D eigenvalue weighted by molar-refractivity contribution is 7.09. The van der Waals surface area contributed by atoms with E-state index in [9.17, 15) is 19.8 Å². The maximum absolute atomic E-state index is 11.6. The average molecular weight is 397 g/mol. The first-order chi connectivity index (χ1) is 12.8. The molecule has 0 aliphatic heterocycles. The number of aliphatic carboxylic acids is 2. The summed E-state index contributed by atoms with van der Waals surface area (Å²) in [6.45, 7) is 3.85. The molecule has 0 aromatic carbocycles. The predicted octanol–water partition coefficient (Wildman–Crippen LogP) is 3.74. The number of aromatic nitrogens is 1. The van der Waals surface area contributed by atoms with Crippen molar-refractivity contribution in [1.29, 1.82) is 0 Å². The van der Waals surface area contributed by atoms with E-state index in [0.29, 0.717) is 6.42 Å². The van der Waals surface area contributed by atoms with Crippen LogP contribution >= 0.6 is 11.3 Å². The van der Waals surface area contributed by atoms with Crippen LogP contribution in [0.1, 0.15) is 69.5 Å². The molecule has 0 saturated heterocycles. The first-order valence-electron chi connectivity index (χ1n) is 10.00. The van der Waals surface area contributed by atoms with E-state index in [1.807, 2.05) is 19.2 Å². The summed E-state index contributed by atoms with van der Waals surface area (Å²) in [6, 6.07) is -1.81. The Bertz CT molecular complexity index is 611. The van der Waals surface area contributed by atoms with E-state index in [-0.39, 0.29) is 12.3 Å². The third kappa shape index (κ3) is 7.58. The fraction of sp³-hybridized carbons (Fsp3) is 0.750. The van der Waals surface area contributed by atoms with Crippen LogP contribution in [0.5, 0.6) is 0 Å². The molecular formula is C20H32N2O4S. The molecule has 0 bridgehead atoms. The standard InChI is InChI=1S/C20H32N2O4S/c1-13(2)10-16(19(23)24)22-17(20(25)26)11-15-12-27-18(21-15)9-8-14-6-4-3-5-7-14/h12-14,16-17,22H,3-11H2,1-2H3,(H,23,24)(H,25,26). The second-order valence-corrected chi connectivity index (χ2v) is 9.00. The monoisotopic (exact) mass is 396 g/mol. The number of carboxylic acid groups (broad SMARTS) is 2. The molecule has 2 atom stereocenters. The smallest absolute Gasteiger partial charge is 0.321 e. The Morgan fingerprint density at radius 1 is 1.19 bits per heavy atom. The van der Waals surface area contributed by atoms with E-state index in [0.717, 1.165) is 29.5 Å². The van der Waals surface area contributed by atoms with Crippen LogP contribution in [0.15, 0.2) is 5.38 Å². The number of thiazole rings is 1. The van der Waals surface area contributed by atoms with Crippen LogP contribution in [0.25, 0.3) is 0 Å². The third-order valence-electron chi connectivity index (χ3n) is 5.21. The number of hydrogen-bond donors (Lipinski definition) is 3. The van der Waals surface area contributed by atoms with E-state index >= 15 is 0 Å². The molecule has 7 heteroatoms. The molecule has 2 unspecified atom stereocenters. The van der Waals surface area contributed by atoms with Crippen molar-refractivity contribution < 1.29 is 19.8 Å². The summed E-state index contributed by atoms with van der Waals surface area (Å²) in [5.74, 6) is -1.09. The fourth-order valence-electron chi connectivity index (χ4n) is 3.74. The summed E-state index contributed by atoms with van der Waals surface area (Å²) in [5, 5.41) is 24.6. The first-order valence-corrected chi connectivity index (χ1v) is 10.9. The Kier molecular flexibility index (Phi) is 8.70.